The third-order valence-electron chi connectivity index (χ3n) is 2.96. The third-order valence-corrected chi connectivity index (χ3v) is 2.96. The summed E-state index contributed by atoms with van der Waals surface area (Å²) >= 11 is 0. The summed E-state index contributed by atoms with van der Waals surface area (Å²) < 4.78 is 44.1. The van der Waals surface area contributed by atoms with E-state index in [1.165, 1.54) is 24.2 Å². The van der Waals surface area contributed by atoms with Crippen molar-refractivity contribution in [3.8, 4) is 11.5 Å². The number of esters is 1. The second kappa shape index (κ2) is 7.24. The fourth-order valence-corrected chi connectivity index (χ4v) is 1.87. The van der Waals surface area contributed by atoms with Crippen LogP contribution in [-0.2, 0) is 15.7 Å². The average Bonchev–Trinajstić information content (AvgIpc) is 2.54. The highest BCUT2D eigenvalue weighted by atomic mass is 19.4. The van der Waals surface area contributed by atoms with Crippen molar-refractivity contribution in [1.29, 1.82) is 0 Å². The first kappa shape index (κ1) is 17.6. The largest absolute Gasteiger partial charge is 0.465 e. The van der Waals surface area contributed by atoms with Gasteiger partial charge >= 0.3 is 12.1 Å². The Morgan fingerprint density at radius 3 is 2.62 bits per heavy atom. The molecule has 0 spiro atoms. The van der Waals surface area contributed by atoms with Crippen molar-refractivity contribution in [2.75, 3.05) is 25.1 Å². The number of carbonyl (C=O) groups excluding carboxylic acids is 1. The molecule has 0 saturated carbocycles. The number of halogens is 3. The molecule has 0 radical (unpaired) electrons. The van der Waals surface area contributed by atoms with Crippen LogP contribution >= 0.6 is 0 Å². The quantitative estimate of drug-likeness (QED) is 0.779. The number of rotatable bonds is 5. The summed E-state index contributed by atoms with van der Waals surface area (Å²) in [7, 11) is 1.45. The van der Waals surface area contributed by atoms with Crippen LogP contribution in [0.1, 0.15) is 12.6 Å². The number of ether oxygens (including phenoxy) is 1. The summed E-state index contributed by atoms with van der Waals surface area (Å²) in [4.78, 5) is 24.4. The molecular weight excluding hydrogens is 325 g/mol. The predicted octanol–water partition coefficient (Wildman–Crippen LogP) is 2.56. The first-order valence-electron chi connectivity index (χ1n) is 7.05. The first-order chi connectivity index (χ1) is 11.3. The molecule has 6 nitrogen and oxygen atoms in total. The molecule has 0 amide bonds. The van der Waals surface area contributed by atoms with Crippen LogP contribution in [0.3, 0.4) is 0 Å². The molecular formula is C15H15F3N4O2. The van der Waals surface area contributed by atoms with Crippen molar-refractivity contribution in [1.82, 2.24) is 15.0 Å². The smallest absolute Gasteiger partial charge is 0.433 e. The van der Waals surface area contributed by atoms with E-state index in [1.54, 1.807) is 19.1 Å². The van der Waals surface area contributed by atoms with Crippen LogP contribution in [0.4, 0.5) is 19.0 Å². The minimum Gasteiger partial charge on any atom is -0.465 e. The maximum atomic E-state index is 13.1. The Balaban J connectivity index is 2.42. The maximum Gasteiger partial charge on any atom is 0.433 e. The molecule has 0 saturated heterocycles. The molecule has 24 heavy (non-hydrogen) atoms. The number of carbonyl (C=O) groups is 1. The number of likely N-dealkylation sites (N-methyl/N-ethyl adjacent to an activating group) is 1. The van der Waals surface area contributed by atoms with Crippen molar-refractivity contribution < 1.29 is 22.7 Å². The van der Waals surface area contributed by atoms with E-state index in [9.17, 15) is 18.0 Å². The van der Waals surface area contributed by atoms with Gasteiger partial charge in [-0.05, 0) is 19.1 Å². The number of alkyl halides is 3. The minimum atomic E-state index is -4.65. The molecule has 0 N–H and O–H groups in total. The standard InChI is InChI=1S/C15H15F3N4O2/c1-3-24-13(23)9-22(2)12-8-11(15(16,17)18)20-14(21-12)10-6-4-5-7-19-10/h4-8H,3,9H2,1-2H3. The lowest BCUT2D eigenvalue weighted by atomic mass is 10.3. The number of anilines is 1. The monoisotopic (exact) mass is 340 g/mol. The summed E-state index contributed by atoms with van der Waals surface area (Å²) in [6, 6.07) is 5.54. The number of hydrogen-bond acceptors (Lipinski definition) is 6. The molecule has 9 heteroatoms. The Hall–Kier alpha value is -2.71. The highest BCUT2D eigenvalue weighted by molar-refractivity contribution is 5.75. The van der Waals surface area contributed by atoms with E-state index in [1.807, 2.05) is 0 Å². The fraction of sp³-hybridized carbons (Fsp3) is 0.333. The van der Waals surface area contributed by atoms with Crippen LogP contribution in [-0.4, -0.2) is 41.1 Å². The predicted molar refractivity (Wildman–Crippen MR) is 80.2 cm³/mol. The molecule has 0 atom stereocenters. The maximum absolute atomic E-state index is 13.1. The van der Waals surface area contributed by atoms with E-state index >= 15 is 0 Å². The van der Waals surface area contributed by atoms with Gasteiger partial charge in [-0.15, -0.1) is 0 Å². The summed E-state index contributed by atoms with van der Waals surface area (Å²) in [5.41, 5.74) is -0.904. The second-order valence-corrected chi connectivity index (χ2v) is 4.81. The molecule has 0 aliphatic heterocycles. The number of hydrogen-bond donors (Lipinski definition) is 0. The van der Waals surface area contributed by atoms with Crippen molar-refractivity contribution in [3.63, 3.8) is 0 Å². The lowest BCUT2D eigenvalue weighted by Crippen LogP contribution is -2.28. The number of nitrogens with zero attached hydrogens (tertiary/aromatic N) is 4. The SMILES string of the molecule is CCOC(=O)CN(C)c1cc(C(F)(F)F)nc(-c2ccccn2)n1. The van der Waals surface area contributed by atoms with Gasteiger partial charge in [-0.3, -0.25) is 9.78 Å². The lowest BCUT2D eigenvalue weighted by molar-refractivity contribution is -0.141. The Bertz CT molecular complexity index is 708. The lowest BCUT2D eigenvalue weighted by Gasteiger charge is -2.19. The van der Waals surface area contributed by atoms with Crippen molar-refractivity contribution in [3.05, 3.63) is 36.2 Å². The van der Waals surface area contributed by atoms with Crippen LogP contribution in [0, 0.1) is 0 Å². The molecule has 0 aliphatic rings. The Kier molecular flexibility index (Phi) is 5.32. The molecule has 2 aromatic heterocycles. The molecule has 2 rings (SSSR count). The van der Waals surface area contributed by atoms with E-state index in [0.717, 1.165) is 6.07 Å². The van der Waals surface area contributed by atoms with Gasteiger partial charge in [-0.2, -0.15) is 13.2 Å². The summed E-state index contributed by atoms with van der Waals surface area (Å²) in [5, 5.41) is 0. The van der Waals surface area contributed by atoms with Gasteiger partial charge in [-0.1, -0.05) is 6.07 Å². The second-order valence-electron chi connectivity index (χ2n) is 4.81. The minimum absolute atomic E-state index is 0.0500. The van der Waals surface area contributed by atoms with Crippen molar-refractivity contribution in [2.45, 2.75) is 13.1 Å². The van der Waals surface area contributed by atoms with Gasteiger partial charge in [0.2, 0.25) is 0 Å². The van der Waals surface area contributed by atoms with Gasteiger partial charge in [0.05, 0.1) is 6.61 Å². The van der Waals surface area contributed by atoms with Crippen LogP contribution in [0.15, 0.2) is 30.5 Å². The zero-order valence-electron chi connectivity index (χ0n) is 13.0. The average molecular weight is 340 g/mol. The van der Waals surface area contributed by atoms with Crippen LogP contribution in [0.5, 0.6) is 0 Å². The van der Waals surface area contributed by atoms with E-state index in [0.29, 0.717) is 0 Å². The summed E-state index contributed by atoms with van der Waals surface area (Å²) in [6.07, 6.45) is -3.22. The molecule has 2 heterocycles. The first-order valence-corrected chi connectivity index (χ1v) is 7.05. The highest BCUT2D eigenvalue weighted by Gasteiger charge is 2.34. The molecule has 128 valence electrons. The molecule has 0 bridgehead atoms. The molecule has 0 aromatic carbocycles. The van der Waals surface area contributed by atoms with Gasteiger partial charge in [0, 0.05) is 19.3 Å². The summed E-state index contributed by atoms with van der Waals surface area (Å²) in [5.74, 6) is -0.784. The Morgan fingerprint density at radius 1 is 1.29 bits per heavy atom. The van der Waals surface area contributed by atoms with Gasteiger partial charge in [0.15, 0.2) is 11.5 Å². The Morgan fingerprint density at radius 2 is 2.04 bits per heavy atom. The fourth-order valence-electron chi connectivity index (χ4n) is 1.87. The number of pyridine rings is 1. The van der Waals surface area contributed by atoms with Crippen molar-refractivity contribution in [2.24, 2.45) is 0 Å². The van der Waals surface area contributed by atoms with E-state index in [4.69, 9.17) is 4.74 Å². The van der Waals surface area contributed by atoms with Gasteiger partial charge in [0.25, 0.3) is 0 Å². The van der Waals surface area contributed by atoms with Crippen LogP contribution in [0.2, 0.25) is 0 Å². The van der Waals surface area contributed by atoms with Crippen LogP contribution in [0.25, 0.3) is 11.5 Å². The molecule has 2 aromatic rings. The zero-order valence-corrected chi connectivity index (χ0v) is 13.0. The van der Waals surface area contributed by atoms with Gasteiger partial charge in [-0.25, -0.2) is 9.97 Å². The van der Waals surface area contributed by atoms with E-state index < -0.39 is 17.8 Å². The molecule has 0 aliphatic carbocycles. The van der Waals surface area contributed by atoms with Crippen molar-refractivity contribution >= 4 is 11.8 Å². The van der Waals surface area contributed by atoms with E-state index in [-0.39, 0.29) is 30.5 Å². The highest BCUT2D eigenvalue weighted by Crippen LogP contribution is 2.31. The summed E-state index contributed by atoms with van der Waals surface area (Å²) in [6.45, 7) is 1.59. The topological polar surface area (TPSA) is 68.2 Å². The third kappa shape index (κ3) is 4.40. The normalized spacial score (nSPS) is 11.2. The number of aromatic nitrogens is 3. The van der Waals surface area contributed by atoms with Gasteiger partial charge < -0.3 is 9.64 Å². The Labute approximate surface area is 136 Å². The molecule has 0 fully saturated rings. The van der Waals surface area contributed by atoms with Crippen LogP contribution < -0.4 is 4.90 Å². The zero-order chi connectivity index (χ0) is 17.7. The van der Waals surface area contributed by atoms with Gasteiger partial charge in [0.1, 0.15) is 18.1 Å². The van der Waals surface area contributed by atoms with E-state index in [2.05, 4.69) is 15.0 Å². The molecule has 0 unspecified atom stereocenters.